The Labute approximate surface area is 196 Å². The summed E-state index contributed by atoms with van der Waals surface area (Å²) in [6.07, 6.45) is 0. The number of rotatable bonds is 6. The van der Waals surface area contributed by atoms with E-state index in [0.29, 0.717) is 0 Å². The molecule has 0 radical (unpaired) electrons. The van der Waals surface area contributed by atoms with Gasteiger partial charge in [0.1, 0.15) is 0 Å². The average Bonchev–Trinajstić information content (AvgIpc) is 3.11. The number of aromatic nitrogens is 1. The van der Waals surface area contributed by atoms with Crippen LogP contribution in [0.4, 0.5) is 0 Å². The average molecular weight is 434 g/mol. The van der Waals surface area contributed by atoms with Crippen molar-refractivity contribution >= 4 is 21.8 Å². The van der Waals surface area contributed by atoms with Gasteiger partial charge in [0.05, 0.1) is 6.67 Å². The molecule has 0 atom stereocenters. The first-order valence-corrected chi connectivity index (χ1v) is 11.5. The fraction of sp³-hybridized carbons (Fsp3) is 0.200. The predicted octanol–water partition coefficient (Wildman–Crippen LogP) is 6.62. The highest BCUT2D eigenvalue weighted by Gasteiger charge is 2.09. The number of aryl methyl sites for hydroxylation is 1. The van der Waals surface area contributed by atoms with E-state index in [1.54, 1.807) is 0 Å². The molecule has 166 valence electrons. The summed E-state index contributed by atoms with van der Waals surface area (Å²) in [7, 11) is 8.51. The van der Waals surface area contributed by atoms with Crippen molar-refractivity contribution in [2.24, 2.45) is 7.05 Å². The third-order valence-corrected chi connectivity index (χ3v) is 6.40. The summed E-state index contributed by atoms with van der Waals surface area (Å²) in [6, 6.07) is 33.3. The first-order chi connectivity index (χ1) is 16.0. The lowest BCUT2D eigenvalue weighted by Gasteiger charge is -2.21. The van der Waals surface area contributed by atoms with Crippen molar-refractivity contribution in [1.82, 2.24) is 14.4 Å². The van der Waals surface area contributed by atoms with Gasteiger partial charge in [-0.25, -0.2) is 0 Å². The normalized spacial score (nSPS) is 11.8. The fourth-order valence-corrected chi connectivity index (χ4v) is 4.84. The van der Waals surface area contributed by atoms with Gasteiger partial charge in [-0.3, -0.25) is 9.80 Å². The number of nitrogens with zero attached hydrogens (tertiary/aromatic N) is 3. The summed E-state index contributed by atoms with van der Waals surface area (Å²) in [6.45, 7) is 1.90. The maximum atomic E-state index is 2.32. The summed E-state index contributed by atoms with van der Waals surface area (Å²) in [5, 5.41) is 2.62. The van der Waals surface area contributed by atoms with Gasteiger partial charge in [0.25, 0.3) is 0 Å². The first-order valence-electron chi connectivity index (χ1n) is 11.5. The molecule has 3 heteroatoms. The monoisotopic (exact) mass is 433 g/mol. The lowest BCUT2D eigenvalue weighted by atomic mass is 9.99. The summed E-state index contributed by atoms with van der Waals surface area (Å²) in [4.78, 5) is 4.50. The molecule has 1 aromatic heterocycles. The minimum Gasteiger partial charge on any atom is -0.344 e. The van der Waals surface area contributed by atoms with Crippen molar-refractivity contribution in [1.29, 1.82) is 0 Å². The summed E-state index contributed by atoms with van der Waals surface area (Å²) >= 11 is 0. The van der Waals surface area contributed by atoms with Gasteiger partial charge < -0.3 is 4.57 Å². The summed E-state index contributed by atoms with van der Waals surface area (Å²) < 4.78 is 2.29. The van der Waals surface area contributed by atoms with Crippen LogP contribution < -0.4 is 0 Å². The number of para-hydroxylation sites is 1. The Morgan fingerprint density at radius 1 is 0.606 bits per heavy atom. The Morgan fingerprint density at radius 2 is 1.15 bits per heavy atom. The van der Waals surface area contributed by atoms with Crippen LogP contribution in [0, 0.1) is 0 Å². The van der Waals surface area contributed by atoms with E-state index in [1.807, 2.05) is 0 Å². The van der Waals surface area contributed by atoms with Gasteiger partial charge in [0.15, 0.2) is 0 Å². The third-order valence-electron chi connectivity index (χ3n) is 6.40. The summed E-state index contributed by atoms with van der Waals surface area (Å²) in [5.41, 5.74) is 8.88. The quantitative estimate of drug-likeness (QED) is 0.279. The van der Waals surface area contributed by atoms with E-state index in [9.17, 15) is 0 Å². The SMILES string of the molecule is CN(C)CN(C)Cc1ccc(-c2ccc(-c3ccc4c5ccccc5n(C)c4c3)cc2)cc1. The Hall–Kier alpha value is -3.40. The number of fused-ring (bicyclic) bond motifs is 3. The minimum absolute atomic E-state index is 0.952. The maximum Gasteiger partial charge on any atom is 0.0501 e. The van der Waals surface area contributed by atoms with Crippen LogP contribution in [0.2, 0.25) is 0 Å². The zero-order valence-electron chi connectivity index (χ0n) is 19.9. The lowest BCUT2D eigenvalue weighted by Crippen LogP contribution is -2.29. The van der Waals surface area contributed by atoms with Gasteiger partial charge in [0.2, 0.25) is 0 Å². The molecule has 0 N–H and O–H groups in total. The van der Waals surface area contributed by atoms with Crippen LogP contribution in [0.1, 0.15) is 5.56 Å². The van der Waals surface area contributed by atoms with Gasteiger partial charge in [-0.05, 0) is 61.1 Å². The molecule has 1 heterocycles. The van der Waals surface area contributed by atoms with Crippen LogP contribution in [0.3, 0.4) is 0 Å². The van der Waals surface area contributed by atoms with Crippen molar-refractivity contribution in [3.63, 3.8) is 0 Å². The molecule has 0 aliphatic carbocycles. The molecule has 0 unspecified atom stereocenters. The van der Waals surface area contributed by atoms with Crippen molar-refractivity contribution in [3.8, 4) is 22.3 Å². The van der Waals surface area contributed by atoms with Crippen LogP contribution >= 0.6 is 0 Å². The molecule has 33 heavy (non-hydrogen) atoms. The Bertz CT molecular complexity index is 1390. The van der Waals surface area contributed by atoms with Crippen LogP contribution in [-0.2, 0) is 13.6 Å². The van der Waals surface area contributed by atoms with Crippen LogP contribution in [-0.4, -0.2) is 42.2 Å². The van der Waals surface area contributed by atoms with Crippen molar-refractivity contribution < 1.29 is 0 Å². The molecule has 4 aromatic carbocycles. The second-order valence-corrected chi connectivity index (χ2v) is 9.32. The minimum atomic E-state index is 0.952. The van der Waals surface area contributed by atoms with E-state index in [4.69, 9.17) is 0 Å². The smallest absolute Gasteiger partial charge is 0.0501 e. The van der Waals surface area contributed by atoms with Gasteiger partial charge >= 0.3 is 0 Å². The Balaban J connectivity index is 1.38. The standard InChI is InChI=1S/C30H31N3/c1-31(2)21-32(3)20-22-9-11-23(12-10-22)24-13-15-25(16-14-24)26-17-18-28-27-7-5-6-8-29(27)33(4)30(28)19-26/h5-19H,20-21H2,1-4H3. The molecule has 0 amide bonds. The van der Waals surface area contributed by atoms with E-state index >= 15 is 0 Å². The molecule has 0 fully saturated rings. The molecule has 0 saturated heterocycles. The van der Waals surface area contributed by atoms with Crippen molar-refractivity contribution in [2.75, 3.05) is 27.8 Å². The third kappa shape index (κ3) is 4.30. The molecule has 0 bridgehead atoms. The van der Waals surface area contributed by atoms with Crippen LogP contribution in [0.15, 0.2) is 91.0 Å². The van der Waals surface area contributed by atoms with E-state index in [-0.39, 0.29) is 0 Å². The molecule has 0 spiro atoms. The van der Waals surface area contributed by atoms with Gasteiger partial charge in [-0.15, -0.1) is 0 Å². The molecular formula is C30H31N3. The van der Waals surface area contributed by atoms with E-state index in [0.717, 1.165) is 13.2 Å². The van der Waals surface area contributed by atoms with Crippen LogP contribution in [0.5, 0.6) is 0 Å². The molecule has 5 rings (SSSR count). The molecular weight excluding hydrogens is 402 g/mol. The largest absolute Gasteiger partial charge is 0.344 e. The van der Waals surface area contributed by atoms with E-state index < -0.39 is 0 Å². The van der Waals surface area contributed by atoms with Crippen molar-refractivity contribution in [2.45, 2.75) is 6.54 Å². The van der Waals surface area contributed by atoms with Gasteiger partial charge in [0, 0.05) is 35.4 Å². The zero-order chi connectivity index (χ0) is 22.9. The highest BCUT2D eigenvalue weighted by molar-refractivity contribution is 6.08. The second kappa shape index (κ2) is 8.86. The molecule has 0 aliphatic heterocycles. The van der Waals surface area contributed by atoms with Gasteiger partial charge in [-0.1, -0.05) is 78.9 Å². The second-order valence-electron chi connectivity index (χ2n) is 9.32. The molecule has 0 saturated carbocycles. The molecule has 3 nitrogen and oxygen atoms in total. The van der Waals surface area contributed by atoms with Crippen molar-refractivity contribution in [3.05, 3.63) is 96.6 Å². The highest BCUT2D eigenvalue weighted by atomic mass is 15.3. The number of hydrogen-bond donors (Lipinski definition) is 0. The topological polar surface area (TPSA) is 11.4 Å². The lowest BCUT2D eigenvalue weighted by molar-refractivity contribution is 0.204. The van der Waals surface area contributed by atoms with E-state index in [1.165, 1.54) is 49.6 Å². The molecule has 0 aliphatic rings. The number of hydrogen-bond acceptors (Lipinski definition) is 2. The Morgan fingerprint density at radius 3 is 1.82 bits per heavy atom. The van der Waals surface area contributed by atoms with Gasteiger partial charge in [-0.2, -0.15) is 0 Å². The maximum absolute atomic E-state index is 2.32. The Kier molecular flexibility index (Phi) is 5.76. The first kappa shape index (κ1) is 21.4. The predicted molar refractivity (Wildman–Crippen MR) is 141 cm³/mol. The van der Waals surface area contributed by atoms with Crippen LogP contribution in [0.25, 0.3) is 44.1 Å². The highest BCUT2D eigenvalue weighted by Crippen LogP contribution is 2.32. The molecule has 5 aromatic rings. The number of benzene rings is 4. The van der Waals surface area contributed by atoms with E-state index in [2.05, 4.69) is 134 Å². The zero-order valence-corrected chi connectivity index (χ0v) is 19.9. The summed E-state index contributed by atoms with van der Waals surface area (Å²) in [5.74, 6) is 0. The fourth-order valence-electron chi connectivity index (χ4n) is 4.84.